The van der Waals surface area contributed by atoms with Gasteiger partial charge in [-0.1, -0.05) is 39.0 Å². The molecule has 19 heavy (non-hydrogen) atoms. The average Bonchev–Trinajstić information content (AvgIpc) is 2.39. The Balaban J connectivity index is 2.32. The number of unbranched alkanes of at least 4 members (excludes halogenated alkanes) is 5. The van der Waals surface area contributed by atoms with Crippen LogP contribution in [0.25, 0.3) is 0 Å². The molecule has 0 unspecified atom stereocenters. The van der Waals surface area contributed by atoms with Crippen LogP contribution in [0.2, 0.25) is 0 Å². The molecule has 0 aliphatic rings. The summed E-state index contributed by atoms with van der Waals surface area (Å²) in [7, 11) is 0. The van der Waals surface area contributed by atoms with Gasteiger partial charge in [-0.25, -0.2) is 0 Å². The summed E-state index contributed by atoms with van der Waals surface area (Å²) in [6.45, 7) is 3.09. The average molecular weight is 263 g/mol. The quantitative estimate of drug-likeness (QED) is 0.473. The monoisotopic (exact) mass is 263 g/mol. The highest BCUT2D eigenvalue weighted by Crippen LogP contribution is 2.20. The van der Waals surface area contributed by atoms with Gasteiger partial charge in [0.1, 0.15) is 0 Å². The molecule has 0 aliphatic heterocycles. The van der Waals surface area contributed by atoms with Crippen LogP contribution in [0.4, 0.5) is 11.4 Å². The van der Waals surface area contributed by atoms with Crippen molar-refractivity contribution >= 4 is 17.3 Å². The molecule has 4 heteroatoms. The Kier molecular flexibility index (Phi) is 6.79. The van der Waals surface area contributed by atoms with E-state index in [0.717, 1.165) is 18.7 Å². The number of primary amides is 1. The molecule has 4 nitrogen and oxygen atoms in total. The highest BCUT2D eigenvalue weighted by atomic mass is 16.1. The number of carbonyl (C=O) groups is 1. The van der Waals surface area contributed by atoms with Crippen molar-refractivity contribution in [3.05, 3.63) is 23.8 Å². The Morgan fingerprint density at radius 1 is 1.16 bits per heavy atom. The Hall–Kier alpha value is -1.71. The van der Waals surface area contributed by atoms with Gasteiger partial charge in [0.05, 0.1) is 11.4 Å². The molecular formula is C15H25N3O. The molecule has 0 fully saturated rings. The lowest BCUT2D eigenvalue weighted by atomic mass is 10.1. The fourth-order valence-corrected chi connectivity index (χ4v) is 1.99. The van der Waals surface area contributed by atoms with E-state index in [0.29, 0.717) is 11.3 Å². The number of hydrogen-bond acceptors (Lipinski definition) is 3. The summed E-state index contributed by atoms with van der Waals surface area (Å²) in [5.41, 5.74) is 13.0. The fraction of sp³-hybridized carbons (Fsp3) is 0.533. The first-order valence-electron chi connectivity index (χ1n) is 7.08. The van der Waals surface area contributed by atoms with Gasteiger partial charge in [0.15, 0.2) is 0 Å². The largest absolute Gasteiger partial charge is 0.397 e. The Morgan fingerprint density at radius 3 is 2.53 bits per heavy atom. The topological polar surface area (TPSA) is 81.1 Å². The molecule has 0 saturated carbocycles. The lowest BCUT2D eigenvalue weighted by molar-refractivity contribution is 0.100. The minimum Gasteiger partial charge on any atom is -0.397 e. The van der Waals surface area contributed by atoms with Crippen LogP contribution in [0.15, 0.2) is 18.2 Å². The summed E-state index contributed by atoms with van der Waals surface area (Å²) in [6, 6.07) is 5.08. The number of anilines is 2. The Bertz CT molecular complexity index is 404. The molecule has 1 rings (SSSR count). The van der Waals surface area contributed by atoms with Crippen LogP contribution in [0.5, 0.6) is 0 Å². The van der Waals surface area contributed by atoms with Crippen molar-refractivity contribution in [2.24, 2.45) is 5.73 Å². The van der Waals surface area contributed by atoms with Crippen LogP contribution in [0, 0.1) is 0 Å². The van der Waals surface area contributed by atoms with Gasteiger partial charge in [0, 0.05) is 12.1 Å². The molecule has 0 heterocycles. The normalized spacial score (nSPS) is 10.4. The van der Waals surface area contributed by atoms with Crippen LogP contribution in [0.3, 0.4) is 0 Å². The number of hydrogen-bond donors (Lipinski definition) is 3. The van der Waals surface area contributed by atoms with Crippen LogP contribution in [-0.4, -0.2) is 12.5 Å². The smallest absolute Gasteiger partial charge is 0.248 e. The van der Waals surface area contributed by atoms with Gasteiger partial charge in [0.25, 0.3) is 0 Å². The number of benzene rings is 1. The molecule has 0 saturated heterocycles. The van der Waals surface area contributed by atoms with Gasteiger partial charge in [0.2, 0.25) is 5.91 Å². The number of nitrogen functional groups attached to an aromatic ring is 1. The molecule has 0 aliphatic carbocycles. The predicted molar refractivity (Wildman–Crippen MR) is 81.2 cm³/mol. The van der Waals surface area contributed by atoms with Crippen LogP contribution >= 0.6 is 0 Å². The van der Waals surface area contributed by atoms with E-state index in [4.69, 9.17) is 11.5 Å². The molecule has 0 bridgehead atoms. The van der Waals surface area contributed by atoms with E-state index in [1.165, 1.54) is 32.1 Å². The summed E-state index contributed by atoms with van der Waals surface area (Å²) in [6.07, 6.45) is 7.53. The number of rotatable bonds is 9. The van der Waals surface area contributed by atoms with Crippen molar-refractivity contribution < 1.29 is 4.79 Å². The standard InChI is InChI=1S/C15H25N3O/c1-2-3-4-5-6-7-10-18-14-11-12(15(17)19)8-9-13(14)16/h8-9,11,18H,2-7,10,16H2,1H3,(H2,17,19). The zero-order valence-corrected chi connectivity index (χ0v) is 11.7. The highest BCUT2D eigenvalue weighted by Gasteiger charge is 2.04. The van der Waals surface area contributed by atoms with E-state index in [1.807, 2.05) is 0 Å². The third-order valence-electron chi connectivity index (χ3n) is 3.18. The van der Waals surface area contributed by atoms with Gasteiger partial charge in [-0.15, -0.1) is 0 Å². The fourth-order valence-electron chi connectivity index (χ4n) is 1.99. The summed E-state index contributed by atoms with van der Waals surface area (Å²) >= 11 is 0. The van der Waals surface area contributed by atoms with Crippen LogP contribution < -0.4 is 16.8 Å². The maximum atomic E-state index is 11.1. The molecule has 0 aromatic heterocycles. The van der Waals surface area contributed by atoms with E-state index >= 15 is 0 Å². The SMILES string of the molecule is CCCCCCCCNc1cc(C(N)=O)ccc1N. The second-order valence-corrected chi connectivity index (χ2v) is 4.86. The molecule has 1 aromatic carbocycles. The molecule has 0 spiro atoms. The second kappa shape index (κ2) is 8.40. The minimum absolute atomic E-state index is 0.428. The zero-order chi connectivity index (χ0) is 14.1. The summed E-state index contributed by atoms with van der Waals surface area (Å²) in [5.74, 6) is -0.428. The van der Waals surface area contributed by atoms with Crippen molar-refractivity contribution in [2.75, 3.05) is 17.6 Å². The van der Waals surface area contributed by atoms with Crippen LogP contribution in [0.1, 0.15) is 55.8 Å². The minimum atomic E-state index is -0.428. The number of nitrogens with two attached hydrogens (primary N) is 2. The molecule has 5 N–H and O–H groups in total. The zero-order valence-electron chi connectivity index (χ0n) is 11.7. The molecule has 106 valence electrons. The summed E-state index contributed by atoms with van der Waals surface area (Å²) < 4.78 is 0. The molecule has 0 radical (unpaired) electrons. The first-order chi connectivity index (χ1) is 9.15. The lowest BCUT2D eigenvalue weighted by Crippen LogP contribution is -2.12. The van der Waals surface area contributed by atoms with Crippen molar-refractivity contribution in [2.45, 2.75) is 45.4 Å². The highest BCUT2D eigenvalue weighted by molar-refractivity contribution is 5.94. The third kappa shape index (κ3) is 5.64. The van der Waals surface area contributed by atoms with E-state index in [2.05, 4.69) is 12.2 Å². The van der Waals surface area contributed by atoms with E-state index in [-0.39, 0.29) is 0 Å². The number of amides is 1. The Labute approximate surface area is 115 Å². The molecular weight excluding hydrogens is 238 g/mol. The van der Waals surface area contributed by atoms with E-state index < -0.39 is 5.91 Å². The van der Waals surface area contributed by atoms with Crippen molar-refractivity contribution in [1.82, 2.24) is 0 Å². The lowest BCUT2D eigenvalue weighted by Gasteiger charge is -2.10. The molecule has 1 aromatic rings. The molecule has 0 atom stereocenters. The number of carbonyl (C=O) groups excluding carboxylic acids is 1. The maximum absolute atomic E-state index is 11.1. The predicted octanol–water partition coefficient (Wildman–Crippen LogP) is 3.14. The number of nitrogens with one attached hydrogen (secondary N) is 1. The van der Waals surface area contributed by atoms with Crippen LogP contribution in [-0.2, 0) is 0 Å². The first-order valence-corrected chi connectivity index (χ1v) is 7.08. The summed E-state index contributed by atoms with van der Waals surface area (Å²) in [5, 5.41) is 3.27. The van der Waals surface area contributed by atoms with Gasteiger partial charge in [-0.3, -0.25) is 4.79 Å². The first kappa shape index (κ1) is 15.3. The maximum Gasteiger partial charge on any atom is 0.248 e. The van der Waals surface area contributed by atoms with E-state index in [1.54, 1.807) is 18.2 Å². The Morgan fingerprint density at radius 2 is 1.84 bits per heavy atom. The van der Waals surface area contributed by atoms with Gasteiger partial charge in [-0.05, 0) is 24.6 Å². The van der Waals surface area contributed by atoms with Gasteiger partial charge in [-0.2, -0.15) is 0 Å². The van der Waals surface area contributed by atoms with Crippen molar-refractivity contribution in [3.8, 4) is 0 Å². The van der Waals surface area contributed by atoms with Gasteiger partial charge < -0.3 is 16.8 Å². The van der Waals surface area contributed by atoms with Crippen molar-refractivity contribution in [3.63, 3.8) is 0 Å². The second-order valence-electron chi connectivity index (χ2n) is 4.86. The third-order valence-corrected chi connectivity index (χ3v) is 3.18. The van der Waals surface area contributed by atoms with Gasteiger partial charge >= 0.3 is 0 Å². The summed E-state index contributed by atoms with van der Waals surface area (Å²) in [4.78, 5) is 11.1. The van der Waals surface area contributed by atoms with E-state index in [9.17, 15) is 4.79 Å². The molecule has 1 amide bonds. The van der Waals surface area contributed by atoms with Crippen molar-refractivity contribution in [1.29, 1.82) is 0 Å².